The van der Waals surface area contributed by atoms with Gasteiger partial charge in [-0.25, -0.2) is 0 Å². The molecule has 37 heavy (non-hydrogen) atoms. The van der Waals surface area contributed by atoms with Crippen molar-refractivity contribution in [3.8, 4) is 5.75 Å². The third-order valence-corrected chi connectivity index (χ3v) is 6.98. The van der Waals surface area contributed by atoms with E-state index < -0.39 is 43.2 Å². The second-order valence-electron chi connectivity index (χ2n) is 9.25. The van der Waals surface area contributed by atoms with Gasteiger partial charge in [0, 0.05) is 29.5 Å². The van der Waals surface area contributed by atoms with E-state index in [4.69, 9.17) is 14.5 Å². The molecule has 1 aliphatic heterocycles. The summed E-state index contributed by atoms with van der Waals surface area (Å²) in [5, 5.41) is 45.0. The van der Waals surface area contributed by atoms with Crippen molar-refractivity contribution in [2.45, 2.75) is 37.0 Å². The van der Waals surface area contributed by atoms with E-state index >= 15 is 0 Å². The highest BCUT2D eigenvalue weighted by molar-refractivity contribution is 6.07. The number of fused-ring (bicyclic) bond motifs is 2. The zero-order valence-electron chi connectivity index (χ0n) is 20.2. The number of hydrogen-bond donors (Lipinski definition) is 5. The highest BCUT2D eigenvalue weighted by Crippen LogP contribution is 2.31. The van der Waals surface area contributed by atoms with Crippen molar-refractivity contribution in [3.63, 3.8) is 0 Å². The lowest BCUT2D eigenvalue weighted by atomic mass is 9.85. The van der Waals surface area contributed by atoms with Gasteiger partial charge in [-0.05, 0) is 24.3 Å². The van der Waals surface area contributed by atoms with Crippen LogP contribution in [0.3, 0.4) is 0 Å². The Balaban J connectivity index is 1.51. The minimum absolute atomic E-state index is 0.0685. The summed E-state index contributed by atoms with van der Waals surface area (Å²) in [5.74, 6) is -0.00253. The highest BCUT2D eigenvalue weighted by Gasteiger charge is 2.51. The van der Waals surface area contributed by atoms with Crippen LogP contribution in [0.5, 0.6) is 5.75 Å². The quantitative estimate of drug-likeness (QED) is 0.251. The number of carbonyl (C=O) groups excluding carboxylic acids is 1. The van der Waals surface area contributed by atoms with Gasteiger partial charge in [0.25, 0.3) is 5.91 Å². The molecule has 10 heteroatoms. The molecule has 1 unspecified atom stereocenters. The molecule has 5 N–H and O–H groups in total. The number of carbonyl (C=O) groups is 1. The van der Waals surface area contributed by atoms with E-state index in [0.29, 0.717) is 17.7 Å². The molecule has 1 aliphatic rings. The highest BCUT2D eigenvalue weighted by atomic mass is 16.6. The minimum atomic E-state index is -1.86. The summed E-state index contributed by atoms with van der Waals surface area (Å²) >= 11 is 0. The molecule has 0 bridgehead atoms. The van der Waals surface area contributed by atoms with E-state index in [2.05, 4.69) is 5.32 Å². The van der Waals surface area contributed by atoms with Crippen LogP contribution in [0, 0.1) is 0 Å². The van der Waals surface area contributed by atoms with Crippen LogP contribution in [-0.4, -0.2) is 80.2 Å². The molecular weight excluding hydrogens is 478 g/mol. The van der Waals surface area contributed by atoms with Crippen molar-refractivity contribution in [2.75, 3.05) is 20.3 Å². The van der Waals surface area contributed by atoms with Gasteiger partial charge in [0.1, 0.15) is 11.3 Å². The first-order chi connectivity index (χ1) is 17.9. The van der Waals surface area contributed by atoms with Crippen LogP contribution in [0.4, 0.5) is 0 Å². The maximum Gasteiger partial charge on any atom is 0.254 e. The van der Waals surface area contributed by atoms with Crippen LogP contribution in [0.1, 0.15) is 22.5 Å². The van der Waals surface area contributed by atoms with Crippen LogP contribution in [0.25, 0.3) is 21.8 Å². The Morgan fingerprint density at radius 3 is 2.73 bits per heavy atom. The van der Waals surface area contributed by atoms with Crippen LogP contribution < -0.4 is 10.1 Å². The van der Waals surface area contributed by atoms with E-state index in [1.54, 1.807) is 25.4 Å². The SMILES string of the molecule is COc1ccc2c(C(=O)N[C@@]3(CO)C(O)O[C@H](CO)C[C@@H]3O)cn(Cc3ccc4ccccc4n3)c2c1. The van der Waals surface area contributed by atoms with Gasteiger partial charge in [0.05, 0.1) is 61.4 Å². The number of methoxy groups -OCH3 is 1. The number of rotatable bonds is 7. The van der Waals surface area contributed by atoms with Gasteiger partial charge in [0.2, 0.25) is 0 Å². The Morgan fingerprint density at radius 2 is 2.00 bits per heavy atom. The number of para-hydroxylation sites is 1. The molecule has 3 heterocycles. The van der Waals surface area contributed by atoms with E-state index in [-0.39, 0.29) is 12.0 Å². The summed E-state index contributed by atoms with van der Waals surface area (Å²) in [5.41, 5.74) is 0.787. The monoisotopic (exact) mass is 507 g/mol. The van der Waals surface area contributed by atoms with E-state index in [1.165, 1.54) is 0 Å². The third kappa shape index (κ3) is 4.54. The van der Waals surface area contributed by atoms with Gasteiger partial charge in [-0.1, -0.05) is 24.3 Å². The molecule has 0 radical (unpaired) electrons. The van der Waals surface area contributed by atoms with Gasteiger partial charge in [-0.3, -0.25) is 9.78 Å². The van der Waals surface area contributed by atoms with Gasteiger partial charge >= 0.3 is 0 Å². The van der Waals surface area contributed by atoms with Crippen molar-refractivity contribution in [2.24, 2.45) is 0 Å². The first-order valence-electron chi connectivity index (χ1n) is 12.0. The number of aliphatic hydroxyl groups is 4. The number of aliphatic hydroxyl groups excluding tert-OH is 4. The molecular formula is C27H29N3O7. The molecule has 5 rings (SSSR count). The maximum absolute atomic E-state index is 13.5. The molecule has 2 aromatic carbocycles. The second-order valence-corrected chi connectivity index (χ2v) is 9.25. The molecule has 1 amide bonds. The van der Waals surface area contributed by atoms with E-state index in [9.17, 15) is 25.2 Å². The second kappa shape index (κ2) is 10.1. The molecule has 0 saturated carbocycles. The summed E-state index contributed by atoms with van der Waals surface area (Å²) in [6.07, 6.45) is -2.29. The van der Waals surface area contributed by atoms with E-state index in [1.807, 2.05) is 47.0 Å². The third-order valence-electron chi connectivity index (χ3n) is 6.98. The predicted molar refractivity (Wildman–Crippen MR) is 135 cm³/mol. The Morgan fingerprint density at radius 1 is 1.19 bits per heavy atom. The van der Waals surface area contributed by atoms with Crippen LogP contribution in [0.2, 0.25) is 0 Å². The number of aromatic nitrogens is 2. The number of amides is 1. The predicted octanol–water partition coefficient (Wildman–Crippen LogP) is 1.17. The largest absolute Gasteiger partial charge is 0.497 e. The lowest BCUT2D eigenvalue weighted by Crippen LogP contribution is -2.70. The molecule has 194 valence electrons. The first kappa shape index (κ1) is 25.1. The van der Waals surface area contributed by atoms with Crippen molar-refractivity contribution >= 4 is 27.7 Å². The zero-order valence-corrected chi connectivity index (χ0v) is 20.2. The maximum atomic E-state index is 13.5. The Hall–Kier alpha value is -3.54. The average Bonchev–Trinajstić information content (AvgIpc) is 3.27. The Labute approximate surface area is 212 Å². The lowest BCUT2D eigenvalue weighted by Gasteiger charge is -2.46. The molecule has 1 fully saturated rings. The Kier molecular flexibility index (Phi) is 6.84. The Bertz CT molecular complexity index is 1420. The topological polar surface area (TPSA) is 146 Å². The number of hydrogen-bond acceptors (Lipinski definition) is 8. The molecule has 2 aromatic heterocycles. The van der Waals surface area contributed by atoms with Gasteiger partial charge in [-0.15, -0.1) is 0 Å². The number of benzene rings is 2. The van der Waals surface area contributed by atoms with Crippen molar-refractivity contribution in [1.29, 1.82) is 0 Å². The first-order valence-corrected chi connectivity index (χ1v) is 12.0. The minimum Gasteiger partial charge on any atom is -0.497 e. The molecule has 10 nitrogen and oxygen atoms in total. The molecule has 4 aromatic rings. The molecule has 0 aliphatic carbocycles. The van der Waals surface area contributed by atoms with Crippen molar-refractivity contribution in [3.05, 3.63) is 72.1 Å². The standard InChI is InChI=1S/C27H29N3O7/c1-36-18-8-9-20-21(25(34)29-27(15-32)24(33)11-19(14-31)37-26(27)35)13-30(23(20)10-18)12-17-7-6-16-4-2-3-5-22(16)28-17/h2-10,13,19,24,26,31-33,35H,11-12,14-15H2,1H3,(H,29,34)/t19-,24-,26?,27+/m0/s1. The van der Waals surface area contributed by atoms with Crippen LogP contribution in [0.15, 0.2) is 60.8 Å². The van der Waals surface area contributed by atoms with Gasteiger partial charge in [-0.2, -0.15) is 0 Å². The van der Waals surface area contributed by atoms with Crippen molar-refractivity contribution in [1.82, 2.24) is 14.9 Å². The fourth-order valence-corrected chi connectivity index (χ4v) is 4.83. The summed E-state index contributed by atoms with van der Waals surface area (Å²) in [6, 6.07) is 17.0. The number of nitrogens with zero attached hydrogens (tertiary/aromatic N) is 2. The average molecular weight is 508 g/mol. The summed E-state index contributed by atoms with van der Waals surface area (Å²) in [6.45, 7) is -0.812. The number of nitrogens with one attached hydrogen (secondary N) is 1. The normalized spacial score (nSPS) is 23.9. The smallest absolute Gasteiger partial charge is 0.254 e. The lowest BCUT2D eigenvalue weighted by molar-refractivity contribution is -0.253. The zero-order chi connectivity index (χ0) is 26.2. The molecule has 1 saturated heterocycles. The van der Waals surface area contributed by atoms with Gasteiger partial charge in [0.15, 0.2) is 6.29 Å². The van der Waals surface area contributed by atoms with Crippen LogP contribution >= 0.6 is 0 Å². The van der Waals surface area contributed by atoms with Crippen LogP contribution in [-0.2, 0) is 11.3 Å². The summed E-state index contributed by atoms with van der Waals surface area (Å²) in [4.78, 5) is 18.3. The van der Waals surface area contributed by atoms with Crippen molar-refractivity contribution < 1.29 is 34.7 Å². The fourth-order valence-electron chi connectivity index (χ4n) is 4.83. The van der Waals surface area contributed by atoms with Gasteiger partial charge < -0.3 is 39.8 Å². The number of ether oxygens (including phenoxy) is 2. The fraction of sp³-hybridized carbons (Fsp3) is 0.333. The molecule has 4 atom stereocenters. The molecule has 0 spiro atoms. The van der Waals surface area contributed by atoms with E-state index in [0.717, 1.165) is 22.1 Å². The summed E-state index contributed by atoms with van der Waals surface area (Å²) < 4.78 is 12.6. The number of pyridine rings is 1. The summed E-state index contributed by atoms with van der Waals surface area (Å²) in [7, 11) is 1.56.